The minimum absolute atomic E-state index is 0.109. The maximum absolute atomic E-state index is 12.4. The average Bonchev–Trinajstić information content (AvgIpc) is 3.20. The molecule has 2 amide bonds. The normalized spacial score (nSPS) is 22.7. The molecule has 5 rings (SSSR count). The number of hydrogen-bond donors (Lipinski definition) is 1. The van der Waals surface area contributed by atoms with Gasteiger partial charge in [0, 0.05) is 0 Å². The van der Waals surface area contributed by atoms with E-state index in [1.54, 1.807) is 7.11 Å². The van der Waals surface area contributed by atoms with Gasteiger partial charge >= 0.3 is 164 Å². The molecule has 26 heavy (non-hydrogen) atoms. The van der Waals surface area contributed by atoms with Gasteiger partial charge in [-0.15, -0.1) is 0 Å². The molecule has 0 saturated carbocycles. The molecule has 4 bridgehead atoms. The number of carbonyl (C=O) groups is 2. The number of methoxy groups -OCH3 is 1. The van der Waals surface area contributed by atoms with Crippen LogP contribution >= 0.6 is 11.8 Å². The Kier molecular flexibility index (Phi) is 3.94. The maximum atomic E-state index is 12.4. The van der Waals surface area contributed by atoms with Gasteiger partial charge in [0.05, 0.1) is 0 Å². The molecular formula is C20H16InNO3S. The van der Waals surface area contributed by atoms with Crippen molar-refractivity contribution in [3.63, 3.8) is 0 Å². The molecule has 3 heterocycles. The zero-order valence-electron chi connectivity index (χ0n) is 14.2. The first-order valence-corrected chi connectivity index (χ1v) is 14.7. The van der Waals surface area contributed by atoms with Crippen molar-refractivity contribution in [3.05, 3.63) is 62.5 Å². The van der Waals surface area contributed by atoms with Crippen LogP contribution in [0.1, 0.15) is 20.4 Å². The van der Waals surface area contributed by atoms with Crippen LogP contribution in [-0.2, 0) is 11.2 Å². The average molecular weight is 465 g/mol. The van der Waals surface area contributed by atoms with E-state index < -0.39 is 21.4 Å². The second-order valence-corrected chi connectivity index (χ2v) is 16.7. The quantitative estimate of drug-likeness (QED) is 0.755. The third kappa shape index (κ3) is 2.46. The molecule has 2 atom stereocenters. The van der Waals surface area contributed by atoms with Crippen LogP contribution in [0.25, 0.3) is 6.08 Å². The molecular weight excluding hydrogens is 449 g/mol. The molecule has 3 aliphatic rings. The molecule has 4 nitrogen and oxygen atoms in total. The van der Waals surface area contributed by atoms with Crippen molar-refractivity contribution < 1.29 is 14.3 Å². The van der Waals surface area contributed by atoms with Crippen LogP contribution in [0.4, 0.5) is 4.79 Å². The van der Waals surface area contributed by atoms with Crippen molar-refractivity contribution >= 4 is 53.7 Å². The number of nitrogens with one attached hydrogen (secondary N) is 1. The van der Waals surface area contributed by atoms with Gasteiger partial charge in [0.25, 0.3) is 0 Å². The Balaban J connectivity index is 1.51. The minimum atomic E-state index is -2.40. The van der Waals surface area contributed by atoms with E-state index in [1.807, 2.05) is 12.1 Å². The van der Waals surface area contributed by atoms with Crippen molar-refractivity contribution in [1.29, 1.82) is 0 Å². The molecule has 128 valence electrons. The van der Waals surface area contributed by atoms with E-state index in [0.717, 1.165) is 12.2 Å². The van der Waals surface area contributed by atoms with E-state index in [2.05, 4.69) is 41.7 Å². The van der Waals surface area contributed by atoms with E-state index in [9.17, 15) is 9.59 Å². The Morgan fingerprint density at radius 1 is 1.19 bits per heavy atom. The summed E-state index contributed by atoms with van der Waals surface area (Å²) in [5.74, 6) is 0.763. The SMILES string of the molecule is COc1cccc(C[C]2=Cc3c4ccc[c]3[In]2[CH]4C2SC(=O)NC2=O)c1. The summed E-state index contributed by atoms with van der Waals surface area (Å²) in [5.41, 5.74) is 3.87. The Bertz CT molecular complexity index is 987. The van der Waals surface area contributed by atoms with Gasteiger partial charge in [-0.25, -0.2) is 0 Å². The van der Waals surface area contributed by atoms with Crippen LogP contribution in [0.15, 0.2) is 45.8 Å². The molecule has 2 aromatic carbocycles. The molecule has 2 unspecified atom stereocenters. The first-order valence-electron chi connectivity index (χ1n) is 8.63. The second-order valence-electron chi connectivity index (χ2n) is 6.92. The summed E-state index contributed by atoms with van der Waals surface area (Å²) in [4.78, 5) is 24.1. The van der Waals surface area contributed by atoms with Gasteiger partial charge in [-0.1, -0.05) is 0 Å². The molecule has 0 radical (unpaired) electrons. The predicted octanol–water partition coefficient (Wildman–Crippen LogP) is 2.56. The molecule has 0 aliphatic carbocycles. The first-order chi connectivity index (χ1) is 12.7. The zero-order chi connectivity index (χ0) is 17.8. The third-order valence-corrected chi connectivity index (χ3v) is 18.3. The Labute approximate surface area is 163 Å². The summed E-state index contributed by atoms with van der Waals surface area (Å²) < 4.78 is 8.62. The molecule has 1 N–H and O–H groups in total. The van der Waals surface area contributed by atoms with Crippen molar-refractivity contribution in [1.82, 2.24) is 5.32 Å². The summed E-state index contributed by atoms with van der Waals surface area (Å²) >= 11 is -1.22. The van der Waals surface area contributed by atoms with Crippen molar-refractivity contribution in [3.8, 4) is 5.75 Å². The molecule has 6 heteroatoms. The molecule has 0 aromatic heterocycles. The van der Waals surface area contributed by atoms with Crippen molar-refractivity contribution in [2.75, 3.05) is 7.11 Å². The van der Waals surface area contributed by atoms with E-state index in [4.69, 9.17) is 4.74 Å². The number of benzene rings is 2. The zero-order valence-corrected chi connectivity index (χ0v) is 18.3. The number of carbonyl (C=O) groups excluding carboxylic acids is 2. The second kappa shape index (κ2) is 6.20. The van der Waals surface area contributed by atoms with Gasteiger partial charge in [-0.2, -0.15) is 0 Å². The van der Waals surface area contributed by atoms with Crippen LogP contribution in [0.2, 0.25) is 0 Å². The predicted molar refractivity (Wildman–Crippen MR) is 104 cm³/mol. The van der Waals surface area contributed by atoms with E-state index in [-0.39, 0.29) is 20.1 Å². The number of hydrogen-bond acceptors (Lipinski definition) is 4. The van der Waals surface area contributed by atoms with Crippen molar-refractivity contribution in [2.24, 2.45) is 0 Å². The monoisotopic (exact) mass is 465 g/mol. The third-order valence-electron chi connectivity index (χ3n) is 5.54. The van der Waals surface area contributed by atoms with Gasteiger partial charge in [0.2, 0.25) is 0 Å². The topological polar surface area (TPSA) is 55.4 Å². The van der Waals surface area contributed by atoms with Crippen LogP contribution in [0.5, 0.6) is 5.75 Å². The molecule has 1 saturated heterocycles. The Hall–Kier alpha value is -1.66. The fraction of sp³-hybridized carbons (Fsp3) is 0.200. The van der Waals surface area contributed by atoms with E-state index >= 15 is 0 Å². The van der Waals surface area contributed by atoms with E-state index in [1.165, 1.54) is 35.1 Å². The van der Waals surface area contributed by atoms with Crippen LogP contribution in [-0.4, -0.2) is 44.9 Å². The fourth-order valence-electron chi connectivity index (χ4n) is 4.53. The fourth-order valence-corrected chi connectivity index (χ4v) is 18.9. The Morgan fingerprint density at radius 3 is 2.77 bits per heavy atom. The van der Waals surface area contributed by atoms with E-state index in [0.29, 0.717) is 0 Å². The molecule has 3 aliphatic heterocycles. The van der Waals surface area contributed by atoms with Gasteiger partial charge in [0.15, 0.2) is 0 Å². The molecule has 2 aromatic rings. The van der Waals surface area contributed by atoms with Crippen LogP contribution in [0, 0.1) is 0 Å². The first kappa shape index (κ1) is 16.5. The summed E-state index contributed by atoms with van der Waals surface area (Å²) in [7, 11) is 1.68. The number of rotatable bonds is 4. The number of imide groups is 1. The number of thioether (sulfide) groups is 1. The molecule has 0 spiro atoms. The number of amides is 2. The van der Waals surface area contributed by atoms with Crippen LogP contribution in [0.3, 0.4) is 0 Å². The van der Waals surface area contributed by atoms with Gasteiger partial charge in [-0.05, 0) is 0 Å². The number of allylic oxidation sites excluding steroid dienone is 1. The Morgan fingerprint density at radius 2 is 2.04 bits per heavy atom. The standard InChI is InChI=1S/C20H16NO3S.In/c1-24-17-11-5-7-14(12-17)6-4-10-15-8-2-3-9-16(15)13-18-19(22)21-20(23)25-18;/h2-3,5,7,9-13,18H,6H2,1H3,(H,21,22,23);. The van der Waals surface area contributed by atoms with Gasteiger partial charge < -0.3 is 0 Å². The van der Waals surface area contributed by atoms with Gasteiger partial charge in [0.1, 0.15) is 0 Å². The van der Waals surface area contributed by atoms with Crippen LogP contribution < -0.4 is 13.4 Å². The van der Waals surface area contributed by atoms with Crippen molar-refractivity contribution in [2.45, 2.75) is 15.3 Å². The molecule has 1 fully saturated rings. The summed E-state index contributed by atoms with van der Waals surface area (Å²) in [6.07, 6.45) is 3.27. The number of ether oxygens (including phenoxy) is 1. The summed E-state index contributed by atoms with van der Waals surface area (Å²) in [6.45, 7) is 0. The summed E-state index contributed by atoms with van der Waals surface area (Å²) in [5, 5.41) is 2.02. The van der Waals surface area contributed by atoms with Gasteiger partial charge in [-0.3, -0.25) is 0 Å². The summed E-state index contributed by atoms with van der Waals surface area (Å²) in [6, 6.07) is 14.7.